The first-order valence-electron chi connectivity index (χ1n) is 7.26. The van der Waals surface area contributed by atoms with Crippen LogP contribution in [0.4, 0.5) is 0 Å². The fraction of sp³-hybridized carbons (Fsp3) is 0.529. The number of hydrogen-bond donors (Lipinski definition) is 0. The molecule has 0 bridgehead atoms. The summed E-state index contributed by atoms with van der Waals surface area (Å²) >= 11 is 0. The molecule has 0 saturated carbocycles. The molecule has 2 heteroatoms. The zero-order chi connectivity index (χ0) is 13.6. The minimum Gasteiger partial charge on any atom is -0.490 e. The largest absolute Gasteiger partial charge is 0.490 e. The summed E-state index contributed by atoms with van der Waals surface area (Å²) in [5.41, 5.74) is 1.10. The van der Waals surface area contributed by atoms with Gasteiger partial charge in [-0.25, -0.2) is 0 Å². The Balaban J connectivity index is 1.88. The predicted molar refractivity (Wildman–Crippen MR) is 79.5 cm³/mol. The van der Waals surface area contributed by atoms with E-state index in [1.165, 1.54) is 19.3 Å². The SMILES string of the molecule is CCCCC/C=C/c1ccccc1OCC1(C)CO1. The minimum atomic E-state index is -0.0576. The summed E-state index contributed by atoms with van der Waals surface area (Å²) in [5, 5.41) is 0. The van der Waals surface area contributed by atoms with Gasteiger partial charge in [-0.3, -0.25) is 0 Å². The Labute approximate surface area is 116 Å². The Morgan fingerprint density at radius 2 is 2.11 bits per heavy atom. The Kier molecular flexibility index (Phi) is 5.03. The Hall–Kier alpha value is -1.28. The Morgan fingerprint density at radius 3 is 2.84 bits per heavy atom. The molecule has 19 heavy (non-hydrogen) atoms. The summed E-state index contributed by atoms with van der Waals surface area (Å²) in [5.74, 6) is 0.950. The number of unbranched alkanes of at least 4 members (excludes halogenated alkanes) is 3. The van der Waals surface area contributed by atoms with Crippen LogP contribution in [0.25, 0.3) is 6.08 Å². The number of rotatable bonds is 8. The smallest absolute Gasteiger partial charge is 0.126 e. The van der Waals surface area contributed by atoms with E-state index in [1.807, 2.05) is 18.2 Å². The zero-order valence-corrected chi connectivity index (χ0v) is 12.0. The van der Waals surface area contributed by atoms with Crippen LogP contribution in [0.5, 0.6) is 5.75 Å². The highest BCUT2D eigenvalue weighted by molar-refractivity contribution is 5.57. The second-order valence-electron chi connectivity index (χ2n) is 5.46. The topological polar surface area (TPSA) is 21.8 Å². The van der Waals surface area contributed by atoms with Gasteiger partial charge in [-0.2, -0.15) is 0 Å². The number of para-hydroxylation sites is 1. The third kappa shape index (κ3) is 4.71. The highest BCUT2D eigenvalue weighted by atomic mass is 16.6. The van der Waals surface area contributed by atoms with Crippen LogP contribution >= 0.6 is 0 Å². The molecule has 2 rings (SSSR count). The van der Waals surface area contributed by atoms with E-state index in [0.29, 0.717) is 6.61 Å². The maximum atomic E-state index is 5.87. The Morgan fingerprint density at radius 1 is 1.32 bits per heavy atom. The highest BCUT2D eigenvalue weighted by Crippen LogP contribution is 2.28. The van der Waals surface area contributed by atoms with E-state index in [4.69, 9.17) is 9.47 Å². The lowest BCUT2D eigenvalue weighted by atomic mass is 10.1. The number of allylic oxidation sites excluding steroid dienone is 1. The lowest BCUT2D eigenvalue weighted by Crippen LogP contribution is -2.17. The molecule has 0 aliphatic carbocycles. The van der Waals surface area contributed by atoms with Crippen molar-refractivity contribution in [2.24, 2.45) is 0 Å². The van der Waals surface area contributed by atoms with Gasteiger partial charge in [0.05, 0.1) is 6.61 Å². The van der Waals surface area contributed by atoms with E-state index < -0.39 is 0 Å². The van der Waals surface area contributed by atoms with E-state index in [-0.39, 0.29) is 5.60 Å². The molecule has 1 aliphatic rings. The van der Waals surface area contributed by atoms with Crippen molar-refractivity contribution in [1.82, 2.24) is 0 Å². The molecular formula is C17H24O2. The summed E-state index contributed by atoms with van der Waals surface area (Å²) < 4.78 is 11.2. The van der Waals surface area contributed by atoms with Gasteiger partial charge in [0.1, 0.15) is 18.0 Å². The van der Waals surface area contributed by atoms with Crippen molar-refractivity contribution in [3.8, 4) is 5.75 Å². The van der Waals surface area contributed by atoms with Crippen molar-refractivity contribution in [3.63, 3.8) is 0 Å². The average molecular weight is 260 g/mol. The van der Waals surface area contributed by atoms with Crippen LogP contribution in [0.1, 0.15) is 45.1 Å². The van der Waals surface area contributed by atoms with Crippen LogP contribution in [0.2, 0.25) is 0 Å². The van der Waals surface area contributed by atoms with Crippen LogP contribution in [0.15, 0.2) is 30.3 Å². The molecule has 104 valence electrons. The van der Waals surface area contributed by atoms with Gasteiger partial charge < -0.3 is 9.47 Å². The van der Waals surface area contributed by atoms with Crippen LogP contribution in [-0.4, -0.2) is 18.8 Å². The molecule has 0 amide bonds. The summed E-state index contributed by atoms with van der Waals surface area (Å²) in [7, 11) is 0. The first-order valence-corrected chi connectivity index (χ1v) is 7.26. The highest BCUT2D eigenvalue weighted by Gasteiger charge is 2.40. The van der Waals surface area contributed by atoms with Gasteiger partial charge >= 0.3 is 0 Å². The molecule has 1 unspecified atom stereocenters. The molecule has 1 aliphatic heterocycles. The normalized spacial score (nSPS) is 21.8. The van der Waals surface area contributed by atoms with Gasteiger partial charge in [-0.05, 0) is 25.8 Å². The summed E-state index contributed by atoms with van der Waals surface area (Å²) in [4.78, 5) is 0. The van der Waals surface area contributed by atoms with Gasteiger partial charge in [0.2, 0.25) is 0 Å². The van der Waals surface area contributed by atoms with Crippen molar-refractivity contribution in [2.75, 3.05) is 13.2 Å². The van der Waals surface area contributed by atoms with Crippen LogP contribution in [0, 0.1) is 0 Å². The van der Waals surface area contributed by atoms with Gasteiger partial charge in [0.25, 0.3) is 0 Å². The van der Waals surface area contributed by atoms with E-state index in [1.54, 1.807) is 0 Å². The van der Waals surface area contributed by atoms with Gasteiger partial charge in [0.15, 0.2) is 0 Å². The standard InChI is InChI=1S/C17H24O2/c1-3-4-5-6-7-10-15-11-8-9-12-16(15)18-13-17(2)14-19-17/h7-12H,3-6,13-14H2,1-2H3/b10-7+. The molecule has 0 N–H and O–H groups in total. The van der Waals surface area contributed by atoms with Crippen molar-refractivity contribution in [2.45, 2.75) is 45.1 Å². The monoisotopic (exact) mass is 260 g/mol. The van der Waals surface area contributed by atoms with Crippen LogP contribution in [0.3, 0.4) is 0 Å². The van der Waals surface area contributed by atoms with E-state index in [9.17, 15) is 0 Å². The van der Waals surface area contributed by atoms with Crippen molar-refractivity contribution in [3.05, 3.63) is 35.9 Å². The second kappa shape index (κ2) is 6.76. The number of hydrogen-bond acceptors (Lipinski definition) is 2. The predicted octanol–water partition coefficient (Wildman–Crippen LogP) is 4.45. The second-order valence-corrected chi connectivity index (χ2v) is 5.46. The average Bonchev–Trinajstić information content (AvgIpc) is 3.16. The lowest BCUT2D eigenvalue weighted by Gasteiger charge is -2.11. The number of benzene rings is 1. The summed E-state index contributed by atoms with van der Waals surface area (Å²) in [6.07, 6.45) is 9.39. The van der Waals surface area contributed by atoms with Crippen LogP contribution in [-0.2, 0) is 4.74 Å². The van der Waals surface area contributed by atoms with E-state index >= 15 is 0 Å². The van der Waals surface area contributed by atoms with Crippen molar-refractivity contribution < 1.29 is 9.47 Å². The maximum absolute atomic E-state index is 5.87. The molecule has 1 atom stereocenters. The third-order valence-electron chi connectivity index (χ3n) is 3.36. The summed E-state index contributed by atoms with van der Waals surface area (Å²) in [6.45, 7) is 5.75. The van der Waals surface area contributed by atoms with Crippen LogP contribution < -0.4 is 4.74 Å². The quantitative estimate of drug-likeness (QED) is 0.509. The third-order valence-corrected chi connectivity index (χ3v) is 3.36. The minimum absolute atomic E-state index is 0.0576. The molecule has 0 radical (unpaired) electrons. The summed E-state index contributed by atoms with van der Waals surface area (Å²) in [6, 6.07) is 8.19. The van der Waals surface area contributed by atoms with E-state index in [0.717, 1.165) is 24.3 Å². The molecule has 1 heterocycles. The molecule has 2 nitrogen and oxygen atoms in total. The Bertz CT molecular complexity index is 419. The molecule has 0 aromatic heterocycles. The molecule has 1 aromatic rings. The van der Waals surface area contributed by atoms with Gasteiger partial charge in [-0.15, -0.1) is 0 Å². The lowest BCUT2D eigenvalue weighted by molar-refractivity contribution is 0.202. The maximum Gasteiger partial charge on any atom is 0.126 e. The molecular weight excluding hydrogens is 236 g/mol. The molecule has 1 saturated heterocycles. The number of epoxide rings is 1. The first kappa shape index (κ1) is 14.1. The van der Waals surface area contributed by atoms with E-state index in [2.05, 4.69) is 32.1 Å². The fourth-order valence-electron chi connectivity index (χ4n) is 1.91. The fourth-order valence-corrected chi connectivity index (χ4v) is 1.91. The first-order chi connectivity index (χ1) is 9.23. The van der Waals surface area contributed by atoms with Crippen molar-refractivity contribution >= 4 is 6.08 Å². The molecule has 1 aromatic carbocycles. The molecule has 0 spiro atoms. The van der Waals surface area contributed by atoms with Gasteiger partial charge in [-0.1, -0.05) is 50.1 Å². The van der Waals surface area contributed by atoms with Crippen molar-refractivity contribution in [1.29, 1.82) is 0 Å². The zero-order valence-electron chi connectivity index (χ0n) is 12.0. The van der Waals surface area contributed by atoms with Gasteiger partial charge in [0, 0.05) is 5.56 Å². The molecule has 1 fully saturated rings. The number of ether oxygens (including phenoxy) is 2.